The summed E-state index contributed by atoms with van der Waals surface area (Å²) >= 11 is 0. The smallest absolute Gasteiger partial charge is 0.242 e. The van der Waals surface area contributed by atoms with Gasteiger partial charge in [0.2, 0.25) is 10.0 Å². The number of piperidine rings is 1. The van der Waals surface area contributed by atoms with Crippen LogP contribution in [0, 0.1) is 10.8 Å². The zero-order valence-electron chi connectivity index (χ0n) is 20.8. The number of hydrogen-bond acceptors (Lipinski definition) is 6. The van der Waals surface area contributed by atoms with Crippen LogP contribution in [0.3, 0.4) is 0 Å². The van der Waals surface area contributed by atoms with Gasteiger partial charge in [-0.1, -0.05) is 20.8 Å². The number of nitrogens with zero attached hydrogens (tertiary/aromatic N) is 3. The molecule has 2 saturated heterocycles. The van der Waals surface area contributed by atoms with Crippen LogP contribution in [-0.2, 0) is 14.8 Å². The van der Waals surface area contributed by atoms with Crippen molar-refractivity contribution >= 4 is 15.8 Å². The normalized spacial score (nSPS) is 26.3. The number of ether oxygens (including phenoxy) is 1. The first-order valence-corrected chi connectivity index (χ1v) is 14.1. The van der Waals surface area contributed by atoms with Gasteiger partial charge in [-0.3, -0.25) is 0 Å². The van der Waals surface area contributed by atoms with Gasteiger partial charge in [-0.15, -0.1) is 0 Å². The molecule has 0 amide bonds. The van der Waals surface area contributed by atoms with Gasteiger partial charge in [0.1, 0.15) is 10.7 Å². The maximum Gasteiger partial charge on any atom is 0.242 e. The molecule has 1 N–H and O–H groups in total. The first kappa shape index (κ1) is 24.9. The van der Waals surface area contributed by atoms with Crippen molar-refractivity contribution in [3.8, 4) is 0 Å². The third-order valence-electron chi connectivity index (χ3n) is 7.73. The minimum Gasteiger partial charge on any atom is -0.381 e. The topological polar surface area (TPSA) is 74.8 Å². The molecular formula is C25H42N4O3S. The Bertz CT molecular complexity index is 873. The molecule has 0 radical (unpaired) electrons. The van der Waals surface area contributed by atoms with E-state index < -0.39 is 10.0 Å². The van der Waals surface area contributed by atoms with Crippen molar-refractivity contribution < 1.29 is 13.2 Å². The van der Waals surface area contributed by atoms with Crippen molar-refractivity contribution in [1.82, 2.24) is 14.6 Å². The monoisotopic (exact) mass is 478 g/mol. The summed E-state index contributed by atoms with van der Waals surface area (Å²) < 4.78 is 34.5. The molecule has 3 heterocycles. The van der Waals surface area contributed by atoms with E-state index in [1.54, 1.807) is 6.07 Å². The maximum atomic E-state index is 13.0. The number of nitrogens with one attached hydrogen (secondary N) is 1. The van der Waals surface area contributed by atoms with E-state index in [0.717, 1.165) is 83.6 Å². The number of sulfonamides is 1. The van der Waals surface area contributed by atoms with Crippen LogP contribution in [0.1, 0.15) is 65.7 Å². The quantitative estimate of drug-likeness (QED) is 0.673. The van der Waals surface area contributed by atoms with Gasteiger partial charge in [-0.25, -0.2) is 18.1 Å². The molecule has 3 fully saturated rings. The number of hydrogen-bond donors (Lipinski definition) is 1. The van der Waals surface area contributed by atoms with Crippen LogP contribution in [0.25, 0.3) is 0 Å². The summed E-state index contributed by atoms with van der Waals surface area (Å²) in [6.45, 7) is 11.5. The average molecular weight is 479 g/mol. The van der Waals surface area contributed by atoms with E-state index in [2.05, 4.69) is 47.3 Å². The third kappa shape index (κ3) is 6.27. The molecule has 7 nitrogen and oxygen atoms in total. The number of pyridine rings is 1. The highest BCUT2D eigenvalue weighted by molar-refractivity contribution is 7.89. The van der Waals surface area contributed by atoms with Gasteiger partial charge in [0.25, 0.3) is 0 Å². The zero-order chi connectivity index (χ0) is 23.7. The lowest BCUT2D eigenvalue weighted by Gasteiger charge is -2.38. The highest BCUT2D eigenvalue weighted by Crippen LogP contribution is 2.39. The Morgan fingerprint density at radius 2 is 1.85 bits per heavy atom. The molecule has 186 valence electrons. The number of aromatic nitrogens is 1. The molecule has 0 atom stereocenters. The molecule has 8 heteroatoms. The summed E-state index contributed by atoms with van der Waals surface area (Å²) in [4.78, 5) is 9.48. The van der Waals surface area contributed by atoms with Gasteiger partial charge in [0.05, 0.1) is 6.61 Å². The van der Waals surface area contributed by atoms with Gasteiger partial charge in [0, 0.05) is 44.5 Å². The average Bonchev–Trinajstić information content (AvgIpc) is 3.21. The van der Waals surface area contributed by atoms with Gasteiger partial charge >= 0.3 is 0 Å². The lowest BCUT2D eigenvalue weighted by molar-refractivity contribution is 0.133. The first-order chi connectivity index (χ1) is 15.6. The standard InChI is InChI=1S/C25H42N4O3S/c1-24(2,3)18-28(4)21-7-5-20(6-8-21)27-33(30,31)22-9-10-23(26-17-22)29-14-11-25(12-15-29)13-16-32-19-25/h9-10,17,20-21,27H,5-8,11-16,18-19H2,1-4H3/t20-,21-. The highest BCUT2D eigenvalue weighted by Gasteiger charge is 2.38. The Balaban J connectivity index is 1.28. The third-order valence-corrected chi connectivity index (χ3v) is 9.24. The number of rotatable bonds is 6. The van der Waals surface area contributed by atoms with Crippen LogP contribution >= 0.6 is 0 Å². The van der Waals surface area contributed by atoms with Crippen LogP contribution in [0.15, 0.2) is 23.2 Å². The van der Waals surface area contributed by atoms with Crippen LogP contribution in [-0.4, -0.2) is 70.3 Å². The number of anilines is 1. The molecule has 1 saturated carbocycles. The van der Waals surface area contributed by atoms with Gasteiger partial charge in [-0.05, 0) is 75.0 Å². The summed E-state index contributed by atoms with van der Waals surface area (Å²) in [5.74, 6) is 0.866. The minimum atomic E-state index is -3.55. The summed E-state index contributed by atoms with van der Waals surface area (Å²) in [5, 5.41) is 0. The zero-order valence-corrected chi connectivity index (χ0v) is 21.7. The lowest BCUT2D eigenvalue weighted by Crippen LogP contribution is -2.44. The molecular weight excluding hydrogens is 436 g/mol. The Morgan fingerprint density at radius 1 is 1.15 bits per heavy atom. The molecule has 0 unspecified atom stereocenters. The molecule has 1 spiro atoms. The van der Waals surface area contributed by atoms with E-state index in [-0.39, 0.29) is 16.4 Å². The molecule has 1 aromatic heterocycles. The highest BCUT2D eigenvalue weighted by atomic mass is 32.2. The summed E-state index contributed by atoms with van der Waals surface area (Å²) in [5.41, 5.74) is 0.622. The van der Waals surface area contributed by atoms with Crippen molar-refractivity contribution in [3.63, 3.8) is 0 Å². The molecule has 4 rings (SSSR count). The van der Waals surface area contributed by atoms with E-state index in [1.165, 1.54) is 6.20 Å². The fourth-order valence-electron chi connectivity index (χ4n) is 5.77. The molecule has 1 aromatic rings. The van der Waals surface area contributed by atoms with Gasteiger partial charge in [0.15, 0.2) is 0 Å². The molecule has 0 aromatic carbocycles. The Labute approximate surface area is 200 Å². The molecule has 0 bridgehead atoms. The fourth-order valence-corrected chi connectivity index (χ4v) is 7.02. The SMILES string of the molecule is CN(CC(C)(C)C)[C@H]1CC[C@H](NS(=O)(=O)c2ccc(N3CCC4(CCOC4)CC3)nc2)CC1. The van der Waals surface area contributed by atoms with Crippen LogP contribution in [0.2, 0.25) is 0 Å². The maximum absolute atomic E-state index is 13.0. The second-order valence-electron chi connectivity index (χ2n) is 11.7. The van der Waals surface area contributed by atoms with Crippen LogP contribution < -0.4 is 9.62 Å². The van der Waals surface area contributed by atoms with Crippen molar-refractivity contribution in [1.29, 1.82) is 0 Å². The van der Waals surface area contributed by atoms with E-state index in [4.69, 9.17) is 4.74 Å². The Kier molecular flexibility index (Phi) is 7.39. The summed E-state index contributed by atoms with van der Waals surface area (Å²) in [6, 6.07) is 4.10. The first-order valence-electron chi connectivity index (χ1n) is 12.6. The predicted octanol–water partition coefficient (Wildman–Crippen LogP) is 3.66. The van der Waals surface area contributed by atoms with Crippen LogP contribution in [0.4, 0.5) is 5.82 Å². The van der Waals surface area contributed by atoms with Crippen molar-refractivity contribution in [2.24, 2.45) is 10.8 Å². The van der Waals surface area contributed by atoms with Crippen LogP contribution in [0.5, 0.6) is 0 Å². The largest absolute Gasteiger partial charge is 0.381 e. The molecule has 1 aliphatic carbocycles. The lowest BCUT2D eigenvalue weighted by atomic mass is 9.78. The van der Waals surface area contributed by atoms with Gasteiger partial charge < -0.3 is 14.5 Å². The predicted molar refractivity (Wildman–Crippen MR) is 132 cm³/mol. The fraction of sp³-hybridized carbons (Fsp3) is 0.800. The molecule has 33 heavy (non-hydrogen) atoms. The van der Waals surface area contributed by atoms with Crippen molar-refractivity contribution in [2.75, 3.05) is 44.8 Å². The Morgan fingerprint density at radius 3 is 2.39 bits per heavy atom. The van der Waals surface area contributed by atoms with E-state index in [9.17, 15) is 8.42 Å². The van der Waals surface area contributed by atoms with Crippen molar-refractivity contribution in [2.45, 2.75) is 82.7 Å². The second kappa shape index (κ2) is 9.80. The summed E-state index contributed by atoms with van der Waals surface area (Å²) in [6.07, 6.45) is 8.71. The van der Waals surface area contributed by atoms with Gasteiger partial charge in [-0.2, -0.15) is 0 Å². The van der Waals surface area contributed by atoms with E-state index in [0.29, 0.717) is 11.5 Å². The Hall–Kier alpha value is -1.22. The summed E-state index contributed by atoms with van der Waals surface area (Å²) in [7, 11) is -1.36. The molecule has 3 aliphatic rings. The van der Waals surface area contributed by atoms with E-state index in [1.807, 2.05) is 6.07 Å². The van der Waals surface area contributed by atoms with Crippen molar-refractivity contribution in [3.05, 3.63) is 18.3 Å². The van der Waals surface area contributed by atoms with E-state index >= 15 is 0 Å². The minimum absolute atomic E-state index is 0.000813. The second-order valence-corrected chi connectivity index (χ2v) is 13.5. The molecule has 2 aliphatic heterocycles.